The lowest BCUT2D eigenvalue weighted by Gasteiger charge is -2.08. The second-order valence-corrected chi connectivity index (χ2v) is 4.86. The van der Waals surface area contributed by atoms with Gasteiger partial charge in [-0.05, 0) is 29.7 Å². The van der Waals surface area contributed by atoms with Crippen molar-refractivity contribution in [3.8, 4) is 5.75 Å². The zero-order valence-corrected chi connectivity index (χ0v) is 12.3. The first-order valence-electron chi connectivity index (χ1n) is 7.30. The molecule has 0 fully saturated rings. The maximum absolute atomic E-state index is 11.7. The van der Waals surface area contributed by atoms with Gasteiger partial charge in [-0.15, -0.1) is 0 Å². The summed E-state index contributed by atoms with van der Waals surface area (Å²) in [7, 11) is 0. The highest BCUT2D eigenvalue weighted by Gasteiger charge is 2.02. The standard InChI is InChI=1S/C18H21NO2/c1-2-15-8-10-17(11-9-15)21-13-12-19-18(20)14-16-6-4-3-5-7-16/h3-11H,2,12-14H2,1H3,(H,19,20). The number of ether oxygens (including phenoxy) is 1. The van der Waals surface area contributed by atoms with E-state index in [1.807, 2.05) is 42.5 Å². The molecule has 2 aromatic rings. The highest BCUT2D eigenvalue weighted by Crippen LogP contribution is 2.12. The fourth-order valence-electron chi connectivity index (χ4n) is 2.02. The number of carbonyl (C=O) groups is 1. The SMILES string of the molecule is CCc1ccc(OCCNC(=O)Cc2ccccc2)cc1. The van der Waals surface area contributed by atoms with Gasteiger partial charge in [0.15, 0.2) is 0 Å². The van der Waals surface area contributed by atoms with Gasteiger partial charge < -0.3 is 10.1 Å². The molecule has 21 heavy (non-hydrogen) atoms. The third kappa shape index (κ3) is 5.30. The van der Waals surface area contributed by atoms with Crippen LogP contribution in [0.1, 0.15) is 18.1 Å². The molecule has 3 heteroatoms. The largest absolute Gasteiger partial charge is 0.492 e. The summed E-state index contributed by atoms with van der Waals surface area (Å²) in [6, 6.07) is 17.8. The third-order valence-electron chi connectivity index (χ3n) is 3.23. The molecule has 0 aliphatic carbocycles. The molecule has 0 radical (unpaired) electrons. The molecule has 1 N–H and O–H groups in total. The van der Waals surface area contributed by atoms with Gasteiger partial charge in [0.2, 0.25) is 5.91 Å². The van der Waals surface area contributed by atoms with Crippen LogP contribution in [-0.2, 0) is 17.6 Å². The number of rotatable bonds is 7. The molecule has 1 amide bonds. The first-order chi connectivity index (χ1) is 10.3. The molecule has 0 spiro atoms. The van der Waals surface area contributed by atoms with Crippen LogP contribution >= 0.6 is 0 Å². The van der Waals surface area contributed by atoms with E-state index in [1.165, 1.54) is 5.56 Å². The Bertz CT molecular complexity index is 549. The molecular weight excluding hydrogens is 262 g/mol. The Hall–Kier alpha value is -2.29. The van der Waals surface area contributed by atoms with Gasteiger partial charge in [0.1, 0.15) is 12.4 Å². The van der Waals surface area contributed by atoms with Crippen LogP contribution in [0.5, 0.6) is 5.75 Å². The monoisotopic (exact) mass is 283 g/mol. The van der Waals surface area contributed by atoms with Crippen molar-refractivity contribution in [1.82, 2.24) is 5.32 Å². The van der Waals surface area contributed by atoms with E-state index in [0.29, 0.717) is 19.6 Å². The van der Waals surface area contributed by atoms with Crippen LogP contribution in [0.25, 0.3) is 0 Å². The summed E-state index contributed by atoms with van der Waals surface area (Å²) in [5, 5.41) is 2.86. The van der Waals surface area contributed by atoms with Crippen molar-refractivity contribution in [3.63, 3.8) is 0 Å². The van der Waals surface area contributed by atoms with Crippen molar-refractivity contribution < 1.29 is 9.53 Å². The Kier molecular flexibility index (Phi) is 5.83. The second kappa shape index (κ2) is 8.10. The molecule has 0 aliphatic heterocycles. The van der Waals surface area contributed by atoms with Gasteiger partial charge in [0.05, 0.1) is 13.0 Å². The Labute approximate surface area is 126 Å². The van der Waals surface area contributed by atoms with Crippen molar-refractivity contribution >= 4 is 5.91 Å². The summed E-state index contributed by atoms with van der Waals surface area (Å²) >= 11 is 0. The Balaban J connectivity index is 1.66. The zero-order chi connectivity index (χ0) is 14.9. The van der Waals surface area contributed by atoms with E-state index < -0.39 is 0 Å². The van der Waals surface area contributed by atoms with Crippen molar-refractivity contribution in [3.05, 3.63) is 65.7 Å². The lowest BCUT2D eigenvalue weighted by Crippen LogP contribution is -2.29. The van der Waals surface area contributed by atoms with E-state index in [9.17, 15) is 4.79 Å². The van der Waals surface area contributed by atoms with Crippen molar-refractivity contribution in [2.24, 2.45) is 0 Å². The second-order valence-electron chi connectivity index (χ2n) is 4.86. The molecule has 0 atom stereocenters. The Morgan fingerprint density at radius 2 is 1.71 bits per heavy atom. The average Bonchev–Trinajstić information content (AvgIpc) is 2.53. The summed E-state index contributed by atoms with van der Waals surface area (Å²) in [4.78, 5) is 11.7. The highest BCUT2D eigenvalue weighted by molar-refractivity contribution is 5.78. The Morgan fingerprint density at radius 1 is 1.00 bits per heavy atom. The molecule has 3 nitrogen and oxygen atoms in total. The molecule has 2 rings (SSSR count). The average molecular weight is 283 g/mol. The molecule has 110 valence electrons. The summed E-state index contributed by atoms with van der Waals surface area (Å²) in [6.07, 6.45) is 1.43. The van der Waals surface area contributed by atoms with E-state index in [2.05, 4.69) is 24.4 Å². The molecule has 0 saturated heterocycles. The third-order valence-corrected chi connectivity index (χ3v) is 3.23. The minimum atomic E-state index is 0.0196. The topological polar surface area (TPSA) is 38.3 Å². The first kappa shape index (κ1) is 15.1. The molecule has 0 bridgehead atoms. The van der Waals surface area contributed by atoms with E-state index in [-0.39, 0.29) is 5.91 Å². The summed E-state index contributed by atoms with van der Waals surface area (Å²) in [5.74, 6) is 0.857. The lowest BCUT2D eigenvalue weighted by atomic mass is 10.1. The maximum atomic E-state index is 11.7. The van der Waals surface area contributed by atoms with Crippen LogP contribution in [0.2, 0.25) is 0 Å². The van der Waals surface area contributed by atoms with Crippen molar-refractivity contribution in [2.75, 3.05) is 13.2 Å². The van der Waals surface area contributed by atoms with E-state index >= 15 is 0 Å². The molecule has 0 unspecified atom stereocenters. The number of benzene rings is 2. The summed E-state index contributed by atoms with van der Waals surface area (Å²) < 4.78 is 5.59. The smallest absolute Gasteiger partial charge is 0.224 e. The van der Waals surface area contributed by atoms with Crippen LogP contribution in [0.15, 0.2) is 54.6 Å². The number of hydrogen-bond donors (Lipinski definition) is 1. The van der Waals surface area contributed by atoms with E-state index in [4.69, 9.17) is 4.74 Å². The molecule has 0 aromatic heterocycles. The summed E-state index contributed by atoms with van der Waals surface area (Å²) in [6.45, 7) is 3.12. The minimum Gasteiger partial charge on any atom is -0.492 e. The fourth-order valence-corrected chi connectivity index (χ4v) is 2.02. The van der Waals surface area contributed by atoms with Crippen LogP contribution in [0.4, 0.5) is 0 Å². The van der Waals surface area contributed by atoms with Gasteiger partial charge in [0.25, 0.3) is 0 Å². The van der Waals surface area contributed by atoms with Gasteiger partial charge >= 0.3 is 0 Å². The number of amides is 1. The maximum Gasteiger partial charge on any atom is 0.224 e. The van der Waals surface area contributed by atoms with Gasteiger partial charge in [-0.2, -0.15) is 0 Å². The summed E-state index contributed by atoms with van der Waals surface area (Å²) in [5.41, 5.74) is 2.31. The van der Waals surface area contributed by atoms with Crippen LogP contribution in [0.3, 0.4) is 0 Å². The number of nitrogens with one attached hydrogen (secondary N) is 1. The number of hydrogen-bond acceptors (Lipinski definition) is 2. The van der Waals surface area contributed by atoms with Crippen LogP contribution in [0, 0.1) is 0 Å². The van der Waals surface area contributed by atoms with Gasteiger partial charge in [-0.3, -0.25) is 4.79 Å². The van der Waals surface area contributed by atoms with Gasteiger partial charge in [0, 0.05) is 0 Å². The predicted octanol–water partition coefficient (Wildman–Crippen LogP) is 2.99. The lowest BCUT2D eigenvalue weighted by molar-refractivity contribution is -0.120. The first-order valence-corrected chi connectivity index (χ1v) is 7.30. The Morgan fingerprint density at radius 3 is 2.38 bits per heavy atom. The van der Waals surface area contributed by atoms with E-state index in [1.54, 1.807) is 0 Å². The number of aryl methyl sites for hydroxylation is 1. The minimum absolute atomic E-state index is 0.0196. The molecule has 0 saturated carbocycles. The van der Waals surface area contributed by atoms with Gasteiger partial charge in [-0.1, -0.05) is 49.4 Å². The molecular formula is C18H21NO2. The molecule has 0 heterocycles. The van der Waals surface area contributed by atoms with E-state index in [0.717, 1.165) is 17.7 Å². The van der Waals surface area contributed by atoms with Gasteiger partial charge in [-0.25, -0.2) is 0 Å². The zero-order valence-electron chi connectivity index (χ0n) is 12.3. The van der Waals surface area contributed by atoms with Crippen molar-refractivity contribution in [1.29, 1.82) is 0 Å². The number of carbonyl (C=O) groups excluding carboxylic acids is 1. The fraction of sp³-hybridized carbons (Fsp3) is 0.278. The normalized spacial score (nSPS) is 10.1. The van der Waals surface area contributed by atoms with Crippen LogP contribution < -0.4 is 10.1 Å². The molecule has 2 aromatic carbocycles. The quantitative estimate of drug-likeness (QED) is 0.793. The predicted molar refractivity (Wildman–Crippen MR) is 84.5 cm³/mol. The molecule has 0 aliphatic rings. The highest BCUT2D eigenvalue weighted by atomic mass is 16.5. The van der Waals surface area contributed by atoms with Crippen molar-refractivity contribution in [2.45, 2.75) is 19.8 Å². The van der Waals surface area contributed by atoms with Crippen LogP contribution in [-0.4, -0.2) is 19.1 Å².